The Balaban J connectivity index is 2.25. The molecule has 0 heterocycles. The highest BCUT2D eigenvalue weighted by Crippen LogP contribution is 2.23. The highest BCUT2D eigenvalue weighted by molar-refractivity contribution is 9.10. The predicted molar refractivity (Wildman–Crippen MR) is 85.6 cm³/mol. The number of rotatable bonds is 4. The Kier molecular flexibility index (Phi) is 5.12. The summed E-state index contributed by atoms with van der Waals surface area (Å²) in [6.07, 6.45) is 0. The highest BCUT2D eigenvalue weighted by Gasteiger charge is 2.21. The van der Waals surface area contributed by atoms with Crippen molar-refractivity contribution in [1.29, 1.82) is 0 Å². The molecule has 0 radical (unpaired) electrons. The lowest BCUT2D eigenvalue weighted by atomic mass is 9.95. The zero-order chi connectivity index (χ0) is 15.4. The Labute approximate surface area is 132 Å². The number of halogens is 2. The average molecular weight is 350 g/mol. The van der Waals surface area contributed by atoms with Crippen molar-refractivity contribution in [3.05, 3.63) is 69.9 Å². The Morgan fingerprint density at radius 1 is 1.10 bits per heavy atom. The van der Waals surface area contributed by atoms with E-state index in [1.807, 2.05) is 44.2 Å². The van der Waals surface area contributed by atoms with Crippen LogP contribution in [0.15, 0.2) is 53.0 Å². The quantitative estimate of drug-likeness (QED) is 0.850. The molecule has 0 aromatic heterocycles. The number of benzene rings is 2. The Morgan fingerprint density at radius 3 is 2.38 bits per heavy atom. The summed E-state index contributed by atoms with van der Waals surface area (Å²) in [5, 5.41) is 2.92. The van der Waals surface area contributed by atoms with Gasteiger partial charge in [-0.05, 0) is 39.5 Å². The molecular weight excluding hydrogens is 333 g/mol. The first-order chi connectivity index (χ1) is 10.0. The van der Waals surface area contributed by atoms with Crippen molar-refractivity contribution < 1.29 is 9.18 Å². The third kappa shape index (κ3) is 3.70. The van der Waals surface area contributed by atoms with Crippen molar-refractivity contribution in [1.82, 2.24) is 5.32 Å². The number of hydrogen-bond donors (Lipinski definition) is 1. The van der Waals surface area contributed by atoms with Crippen LogP contribution in [-0.2, 0) is 0 Å². The summed E-state index contributed by atoms with van der Waals surface area (Å²) in [5.41, 5.74) is 1.06. The van der Waals surface area contributed by atoms with Crippen LogP contribution in [0, 0.1) is 11.7 Å². The largest absolute Gasteiger partial charge is 0.345 e. The summed E-state index contributed by atoms with van der Waals surface area (Å²) in [5.74, 6) is -0.742. The van der Waals surface area contributed by atoms with Crippen LogP contribution >= 0.6 is 15.9 Å². The van der Waals surface area contributed by atoms with E-state index >= 15 is 0 Å². The first-order valence-electron chi connectivity index (χ1n) is 6.80. The van der Waals surface area contributed by atoms with E-state index in [2.05, 4.69) is 21.2 Å². The van der Waals surface area contributed by atoms with Crippen molar-refractivity contribution in [3.8, 4) is 0 Å². The molecule has 1 N–H and O–H groups in total. The molecule has 0 aliphatic heterocycles. The van der Waals surface area contributed by atoms with Crippen LogP contribution in [0.5, 0.6) is 0 Å². The Bertz CT molecular complexity index is 628. The van der Waals surface area contributed by atoms with Crippen molar-refractivity contribution in [3.63, 3.8) is 0 Å². The van der Waals surface area contributed by atoms with Gasteiger partial charge >= 0.3 is 0 Å². The smallest absolute Gasteiger partial charge is 0.254 e. The maximum absolute atomic E-state index is 14.0. The van der Waals surface area contributed by atoms with Gasteiger partial charge in [-0.3, -0.25) is 4.79 Å². The molecule has 21 heavy (non-hydrogen) atoms. The SMILES string of the molecule is CC(C)C(NC(=O)c1cccc(Br)c1F)c1ccccc1. The van der Waals surface area contributed by atoms with E-state index in [9.17, 15) is 9.18 Å². The fraction of sp³-hybridized carbons (Fsp3) is 0.235. The Hall–Kier alpha value is -1.68. The van der Waals surface area contributed by atoms with Gasteiger partial charge in [0, 0.05) is 0 Å². The number of carbonyl (C=O) groups excluding carboxylic acids is 1. The van der Waals surface area contributed by atoms with E-state index in [0.717, 1.165) is 5.56 Å². The van der Waals surface area contributed by atoms with Gasteiger partial charge in [0.05, 0.1) is 16.1 Å². The number of amides is 1. The lowest BCUT2D eigenvalue weighted by Gasteiger charge is -2.23. The van der Waals surface area contributed by atoms with Crippen LogP contribution in [0.1, 0.15) is 35.8 Å². The molecule has 4 heteroatoms. The third-order valence-corrected chi connectivity index (χ3v) is 3.92. The van der Waals surface area contributed by atoms with Crippen molar-refractivity contribution in [2.24, 2.45) is 5.92 Å². The standard InChI is InChI=1S/C17H17BrFNO/c1-11(2)16(12-7-4-3-5-8-12)20-17(21)13-9-6-10-14(18)15(13)19/h3-11,16H,1-2H3,(H,20,21). The van der Waals surface area contributed by atoms with Gasteiger partial charge in [-0.1, -0.05) is 50.2 Å². The van der Waals surface area contributed by atoms with E-state index in [0.29, 0.717) is 0 Å². The maximum Gasteiger partial charge on any atom is 0.254 e. The molecule has 110 valence electrons. The van der Waals surface area contributed by atoms with Crippen molar-refractivity contribution in [2.75, 3.05) is 0 Å². The topological polar surface area (TPSA) is 29.1 Å². The van der Waals surface area contributed by atoms with Gasteiger partial charge in [-0.2, -0.15) is 0 Å². The van der Waals surface area contributed by atoms with Crippen LogP contribution in [0.25, 0.3) is 0 Å². The van der Waals surface area contributed by atoms with Gasteiger partial charge in [-0.15, -0.1) is 0 Å². The first kappa shape index (κ1) is 15.7. The zero-order valence-electron chi connectivity index (χ0n) is 11.9. The van der Waals surface area contributed by atoms with Crippen LogP contribution in [0.2, 0.25) is 0 Å². The van der Waals surface area contributed by atoms with Gasteiger partial charge in [-0.25, -0.2) is 4.39 Å². The van der Waals surface area contributed by atoms with Crippen LogP contribution in [-0.4, -0.2) is 5.91 Å². The molecule has 0 spiro atoms. The molecule has 2 aromatic rings. The summed E-state index contributed by atoms with van der Waals surface area (Å²) in [4.78, 5) is 12.3. The monoisotopic (exact) mass is 349 g/mol. The summed E-state index contributed by atoms with van der Waals surface area (Å²) < 4.78 is 14.3. The second-order valence-corrected chi connectivity index (χ2v) is 6.06. The second-order valence-electron chi connectivity index (χ2n) is 5.21. The summed E-state index contributed by atoms with van der Waals surface area (Å²) in [7, 11) is 0. The molecule has 1 atom stereocenters. The molecule has 2 aromatic carbocycles. The minimum Gasteiger partial charge on any atom is -0.345 e. The molecule has 2 rings (SSSR count). The van der Waals surface area contributed by atoms with Gasteiger partial charge in [0.2, 0.25) is 0 Å². The number of carbonyl (C=O) groups is 1. The van der Waals surface area contributed by atoms with E-state index in [-0.39, 0.29) is 22.0 Å². The molecule has 2 nitrogen and oxygen atoms in total. The molecular formula is C17H17BrFNO. The predicted octanol–water partition coefficient (Wildman–Crippen LogP) is 4.72. The summed E-state index contributed by atoms with van der Waals surface area (Å²) in [6, 6.07) is 14.3. The molecule has 0 saturated heterocycles. The number of nitrogens with one attached hydrogen (secondary N) is 1. The van der Waals surface area contributed by atoms with Gasteiger partial charge in [0.15, 0.2) is 0 Å². The minimum atomic E-state index is -0.537. The minimum absolute atomic E-state index is 0.0472. The fourth-order valence-electron chi connectivity index (χ4n) is 2.19. The van der Waals surface area contributed by atoms with Crippen molar-refractivity contribution >= 4 is 21.8 Å². The Morgan fingerprint density at radius 2 is 1.76 bits per heavy atom. The molecule has 0 bridgehead atoms. The zero-order valence-corrected chi connectivity index (χ0v) is 13.5. The normalized spacial score (nSPS) is 12.2. The molecule has 1 amide bonds. The molecule has 0 saturated carbocycles. The first-order valence-corrected chi connectivity index (χ1v) is 7.60. The number of hydrogen-bond acceptors (Lipinski definition) is 1. The van der Waals surface area contributed by atoms with Gasteiger partial charge < -0.3 is 5.32 Å². The van der Waals surface area contributed by atoms with E-state index in [1.165, 1.54) is 6.07 Å². The van der Waals surface area contributed by atoms with Gasteiger partial charge in [0.25, 0.3) is 5.91 Å². The lowest BCUT2D eigenvalue weighted by molar-refractivity contribution is 0.0921. The molecule has 0 fully saturated rings. The van der Waals surface area contributed by atoms with Crippen LogP contribution < -0.4 is 5.32 Å². The fourth-order valence-corrected chi connectivity index (χ4v) is 2.56. The molecule has 0 aliphatic rings. The van der Waals surface area contributed by atoms with Crippen molar-refractivity contribution in [2.45, 2.75) is 19.9 Å². The second kappa shape index (κ2) is 6.85. The summed E-state index contributed by atoms with van der Waals surface area (Å²) in [6.45, 7) is 4.05. The van der Waals surface area contributed by atoms with Crippen LogP contribution in [0.3, 0.4) is 0 Å². The van der Waals surface area contributed by atoms with E-state index in [4.69, 9.17) is 0 Å². The maximum atomic E-state index is 14.0. The molecule has 1 unspecified atom stereocenters. The van der Waals surface area contributed by atoms with Crippen LogP contribution in [0.4, 0.5) is 4.39 Å². The van der Waals surface area contributed by atoms with E-state index in [1.54, 1.807) is 12.1 Å². The highest BCUT2D eigenvalue weighted by atomic mass is 79.9. The van der Waals surface area contributed by atoms with Gasteiger partial charge in [0.1, 0.15) is 5.82 Å². The molecule has 0 aliphatic carbocycles. The third-order valence-electron chi connectivity index (χ3n) is 3.31. The average Bonchev–Trinajstić information content (AvgIpc) is 2.48. The lowest BCUT2D eigenvalue weighted by Crippen LogP contribution is -2.32. The van der Waals surface area contributed by atoms with E-state index < -0.39 is 11.7 Å². The summed E-state index contributed by atoms with van der Waals surface area (Å²) >= 11 is 3.10.